The third-order valence-corrected chi connectivity index (χ3v) is 6.56. The maximum atomic E-state index is 6.65. The van der Waals surface area contributed by atoms with Crippen LogP contribution >= 0.6 is 11.6 Å². The van der Waals surface area contributed by atoms with E-state index in [-0.39, 0.29) is 6.04 Å². The molecule has 1 aliphatic heterocycles. The summed E-state index contributed by atoms with van der Waals surface area (Å²) in [5.74, 6) is 5.47. The minimum atomic E-state index is 0.124. The smallest absolute Gasteiger partial charge is 0.127 e. The average Bonchev–Trinajstić information content (AvgIpc) is 2.84. The lowest BCUT2D eigenvalue weighted by molar-refractivity contribution is 0.344. The molecule has 106 valence electrons. The van der Waals surface area contributed by atoms with Crippen molar-refractivity contribution in [1.29, 1.82) is 0 Å². The molecule has 5 atom stereocenters. The van der Waals surface area contributed by atoms with E-state index in [0.29, 0.717) is 5.92 Å². The Hall–Kier alpha value is -0.730. The SMILES string of the molecule is NC(c1cc(Cl)cc2c1OCC2)C1C2C3CCC(C3)C21. The van der Waals surface area contributed by atoms with Crippen molar-refractivity contribution in [2.45, 2.75) is 31.7 Å². The van der Waals surface area contributed by atoms with Crippen molar-refractivity contribution >= 4 is 11.6 Å². The molecule has 0 aromatic heterocycles. The van der Waals surface area contributed by atoms with E-state index >= 15 is 0 Å². The molecule has 0 radical (unpaired) electrons. The van der Waals surface area contributed by atoms with Crippen LogP contribution in [0.4, 0.5) is 0 Å². The highest BCUT2D eigenvalue weighted by molar-refractivity contribution is 6.30. The summed E-state index contributed by atoms with van der Waals surface area (Å²) in [6.07, 6.45) is 5.33. The summed E-state index contributed by atoms with van der Waals surface area (Å²) in [5, 5.41) is 0.813. The van der Waals surface area contributed by atoms with Gasteiger partial charge < -0.3 is 10.5 Å². The second kappa shape index (κ2) is 3.92. The van der Waals surface area contributed by atoms with E-state index in [1.807, 2.05) is 12.1 Å². The summed E-state index contributed by atoms with van der Waals surface area (Å²) in [4.78, 5) is 0. The molecule has 2 bridgehead atoms. The molecule has 20 heavy (non-hydrogen) atoms. The van der Waals surface area contributed by atoms with Crippen molar-refractivity contribution < 1.29 is 4.74 Å². The van der Waals surface area contributed by atoms with Crippen LogP contribution in [0.3, 0.4) is 0 Å². The highest BCUT2D eigenvalue weighted by atomic mass is 35.5. The first-order valence-electron chi connectivity index (χ1n) is 7.95. The summed E-state index contributed by atoms with van der Waals surface area (Å²) < 4.78 is 5.84. The number of ether oxygens (including phenoxy) is 1. The second-order valence-electron chi connectivity index (χ2n) is 7.17. The lowest BCUT2D eigenvalue weighted by atomic mass is 9.92. The predicted molar refractivity (Wildman–Crippen MR) is 78.9 cm³/mol. The van der Waals surface area contributed by atoms with Gasteiger partial charge in [0.05, 0.1) is 6.61 Å². The summed E-state index contributed by atoms with van der Waals surface area (Å²) in [7, 11) is 0. The van der Waals surface area contributed by atoms with Crippen LogP contribution < -0.4 is 10.5 Å². The van der Waals surface area contributed by atoms with Crippen molar-refractivity contribution in [2.24, 2.45) is 35.3 Å². The molecule has 5 unspecified atom stereocenters. The van der Waals surface area contributed by atoms with Gasteiger partial charge in [0.25, 0.3) is 0 Å². The Bertz CT molecular complexity index is 571. The van der Waals surface area contributed by atoms with Gasteiger partial charge in [-0.05, 0) is 66.5 Å². The van der Waals surface area contributed by atoms with Gasteiger partial charge in [-0.1, -0.05) is 11.6 Å². The fourth-order valence-electron chi connectivity index (χ4n) is 5.63. The minimum Gasteiger partial charge on any atom is -0.493 e. The topological polar surface area (TPSA) is 35.2 Å². The third kappa shape index (κ3) is 1.44. The van der Waals surface area contributed by atoms with Gasteiger partial charge in [-0.25, -0.2) is 0 Å². The minimum absolute atomic E-state index is 0.124. The van der Waals surface area contributed by atoms with Crippen molar-refractivity contribution in [1.82, 2.24) is 0 Å². The standard InChI is InChI=1S/C17H20ClNO/c18-11-6-10-3-4-20-17(10)12(7-11)16(19)15-13-8-1-2-9(5-8)14(13)15/h6-9,13-16H,1-5,19H2. The third-order valence-electron chi connectivity index (χ3n) is 6.35. The van der Waals surface area contributed by atoms with Crippen molar-refractivity contribution in [3.8, 4) is 5.75 Å². The average molecular weight is 290 g/mol. The van der Waals surface area contributed by atoms with Crippen molar-refractivity contribution in [3.05, 3.63) is 28.3 Å². The molecular formula is C17H20ClNO. The largest absolute Gasteiger partial charge is 0.493 e. The molecule has 5 rings (SSSR count). The van der Waals surface area contributed by atoms with Gasteiger partial charge in [0.1, 0.15) is 5.75 Å². The lowest BCUT2D eigenvalue weighted by Gasteiger charge is -2.19. The second-order valence-corrected chi connectivity index (χ2v) is 7.61. The van der Waals surface area contributed by atoms with E-state index in [1.54, 1.807) is 0 Å². The van der Waals surface area contributed by atoms with Crippen LogP contribution in [0.15, 0.2) is 12.1 Å². The van der Waals surface area contributed by atoms with Gasteiger partial charge >= 0.3 is 0 Å². The molecule has 1 aromatic carbocycles. The van der Waals surface area contributed by atoms with Crippen LogP contribution in [0.2, 0.25) is 5.02 Å². The zero-order chi connectivity index (χ0) is 13.4. The summed E-state index contributed by atoms with van der Waals surface area (Å²) in [5.41, 5.74) is 9.06. The normalized spacial score (nSPS) is 41.2. The Morgan fingerprint density at radius 3 is 2.70 bits per heavy atom. The van der Waals surface area contributed by atoms with Crippen LogP contribution in [-0.4, -0.2) is 6.61 Å². The van der Waals surface area contributed by atoms with Gasteiger partial charge in [-0.15, -0.1) is 0 Å². The Morgan fingerprint density at radius 1 is 1.20 bits per heavy atom. The molecule has 1 heterocycles. The van der Waals surface area contributed by atoms with E-state index in [9.17, 15) is 0 Å². The van der Waals surface area contributed by atoms with Crippen LogP contribution in [0, 0.1) is 29.6 Å². The van der Waals surface area contributed by atoms with Crippen LogP contribution in [0.25, 0.3) is 0 Å². The zero-order valence-electron chi connectivity index (χ0n) is 11.5. The van der Waals surface area contributed by atoms with E-state index in [0.717, 1.165) is 47.5 Å². The molecule has 3 heteroatoms. The van der Waals surface area contributed by atoms with Crippen molar-refractivity contribution in [3.63, 3.8) is 0 Å². The lowest BCUT2D eigenvalue weighted by Crippen LogP contribution is -2.18. The van der Waals surface area contributed by atoms with Crippen LogP contribution in [0.5, 0.6) is 5.75 Å². The van der Waals surface area contributed by atoms with E-state index in [4.69, 9.17) is 22.1 Å². The molecule has 0 saturated heterocycles. The number of fused-ring (bicyclic) bond motifs is 6. The molecule has 2 N–H and O–H groups in total. The monoisotopic (exact) mass is 289 g/mol. The van der Waals surface area contributed by atoms with Gasteiger partial charge in [0.15, 0.2) is 0 Å². The van der Waals surface area contributed by atoms with Gasteiger partial charge in [0.2, 0.25) is 0 Å². The highest BCUT2D eigenvalue weighted by Gasteiger charge is 2.66. The number of hydrogen-bond donors (Lipinski definition) is 1. The summed E-state index contributed by atoms with van der Waals surface area (Å²) in [6.45, 7) is 0.776. The predicted octanol–water partition coefficient (Wildman–Crippen LogP) is 3.57. The molecule has 2 nitrogen and oxygen atoms in total. The van der Waals surface area contributed by atoms with Gasteiger partial charge in [0, 0.05) is 23.0 Å². The zero-order valence-corrected chi connectivity index (χ0v) is 12.3. The maximum Gasteiger partial charge on any atom is 0.127 e. The Morgan fingerprint density at radius 2 is 1.95 bits per heavy atom. The molecule has 0 amide bonds. The van der Waals surface area contributed by atoms with Gasteiger partial charge in [-0.3, -0.25) is 0 Å². The fraction of sp³-hybridized carbons (Fsp3) is 0.647. The first-order valence-corrected chi connectivity index (χ1v) is 8.32. The number of benzene rings is 1. The Balaban J connectivity index is 1.49. The maximum absolute atomic E-state index is 6.65. The van der Waals surface area contributed by atoms with Gasteiger partial charge in [-0.2, -0.15) is 0 Å². The molecule has 1 aromatic rings. The Kier molecular flexibility index (Phi) is 2.33. The van der Waals surface area contributed by atoms with E-state index < -0.39 is 0 Å². The quantitative estimate of drug-likeness (QED) is 0.903. The van der Waals surface area contributed by atoms with E-state index in [2.05, 4.69) is 0 Å². The number of rotatable bonds is 2. The number of halogens is 1. The number of hydrogen-bond acceptors (Lipinski definition) is 2. The Labute approximate surface area is 124 Å². The number of nitrogens with two attached hydrogens (primary N) is 1. The molecule has 0 spiro atoms. The summed E-state index contributed by atoms with van der Waals surface area (Å²) >= 11 is 6.28. The van der Waals surface area contributed by atoms with Crippen molar-refractivity contribution in [2.75, 3.05) is 6.61 Å². The van der Waals surface area contributed by atoms with Crippen LogP contribution in [0.1, 0.15) is 36.4 Å². The molecule has 3 saturated carbocycles. The first kappa shape index (κ1) is 11.9. The molecule has 3 fully saturated rings. The first-order chi connectivity index (χ1) is 9.74. The van der Waals surface area contributed by atoms with E-state index in [1.165, 1.54) is 30.4 Å². The molecule has 3 aliphatic carbocycles. The molecular weight excluding hydrogens is 270 g/mol. The highest BCUT2D eigenvalue weighted by Crippen LogP contribution is 2.72. The molecule has 4 aliphatic rings. The summed E-state index contributed by atoms with van der Waals surface area (Å²) in [6, 6.07) is 4.21. The van der Waals surface area contributed by atoms with Crippen LogP contribution in [-0.2, 0) is 6.42 Å². The fourth-order valence-corrected chi connectivity index (χ4v) is 5.87.